The molecule has 1 heterocycles. The van der Waals surface area contributed by atoms with Crippen molar-refractivity contribution in [2.24, 2.45) is 0 Å². The maximum absolute atomic E-state index is 10.4. The van der Waals surface area contributed by atoms with E-state index in [2.05, 4.69) is 4.98 Å². The normalized spacial score (nSPS) is 8.15. The van der Waals surface area contributed by atoms with Crippen LogP contribution in [0, 0.1) is 0 Å². The second-order valence-electron chi connectivity index (χ2n) is 1.77. The number of hydrogen-bond acceptors (Lipinski definition) is 2. The molecule has 1 rings (SSSR count). The maximum atomic E-state index is 10.4. The van der Waals surface area contributed by atoms with E-state index < -0.39 is 5.97 Å². The van der Waals surface area contributed by atoms with Crippen molar-refractivity contribution in [1.82, 2.24) is 4.98 Å². The van der Waals surface area contributed by atoms with Crippen molar-refractivity contribution in [3.63, 3.8) is 0 Å². The third-order valence-corrected chi connectivity index (χ3v) is 1.53. The molecule has 0 aromatic carbocycles. The molecule has 0 amide bonds. The van der Waals surface area contributed by atoms with E-state index in [9.17, 15) is 4.79 Å². The minimum Gasteiger partial charge on any atom is -1.00 e. The molecule has 0 unspecified atom stereocenters. The van der Waals surface area contributed by atoms with Gasteiger partial charge in [-0.1, -0.05) is 23.2 Å². The van der Waals surface area contributed by atoms with E-state index in [1.807, 2.05) is 0 Å². The van der Waals surface area contributed by atoms with Crippen LogP contribution < -0.4 is 103 Å². The van der Waals surface area contributed by atoms with Gasteiger partial charge in [0, 0.05) is 0 Å². The third kappa shape index (κ3) is 5.94. The number of carbonyl (C=O) groups is 1. The summed E-state index contributed by atoms with van der Waals surface area (Å²) in [4.78, 5) is 13.9. The fourth-order valence-corrected chi connectivity index (χ4v) is 0.902. The van der Waals surface area contributed by atoms with Crippen molar-refractivity contribution < 1.29 is 116 Å². The predicted octanol–water partition coefficient (Wildman–Crippen LogP) is -3.68. The van der Waals surface area contributed by atoms with Gasteiger partial charge in [-0.15, -0.1) is 0 Å². The first kappa shape index (κ1) is 17.9. The van der Waals surface area contributed by atoms with Gasteiger partial charge in [-0.2, -0.15) is 0 Å². The summed E-state index contributed by atoms with van der Waals surface area (Å²) in [5.74, 6) is -1.18. The summed E-state index contributed by atoms with van der Waals surface area (Å²) in [6.45, 7) is 0. The zero-order valence-corrected chi connectivity index (χ0v) is 15.0. The van der Waals surface area contributed by atoms with Gasteiger partial charge in [0.05, 0.1) is 5.02 Å². The van der Waals surface area contributed by atoms with Crippen molar-refractivity contribution in [1.29, 1.82) is 0 Å². The molecule has 0 aliphatic heterocycles. The van der Waals surface area contributed by atoms with Gasteiger partial charge in [-0.05, 0) is 12.1 Å². The summed E-state index contributed by atoms with van der Waals surface area (Å²) in [7, 11) is 0. The van der Waals surface area contributed by atoms with Gasteiger partial charge in [0.25, 0.3) is 0 Å². The zero-order valence-electron chi connectivity index (χ0n) is 9.21. The third-order valence-electron chi connectivity index (χ3n) is 1.01. The Kier molecular flexibility index (Phi) is 11.8. The second-order valence-corrected chi connectivity index (χ2v) is 2.56. The van der Waals surface area contributed by atoms with Crippen LogP contribution in [0.15, 0.2) is 12.1 Å². The Morgan fingerprint density at radius 3 is 2.31 bits per heavy atom. The molecule has 0 atom stereocenters. The van der Waals surface area contributed by atoms with Crippen molar-refractivity contribution in [3.8, 4) is 0 Å². The smallest absolute Gasteiger partial charge is 1.00 e. The van der Waals surface area contributed by atoms with E-state index >= 15 is 0 Å². The Hall–Kier alpha value is 2.47. The molecule has 0 fully saturated rings. The molecule has 0 bridgehead atoms. The number of pyridine rings is 1. The second kappa shape index (κ2) is 8.60. The number of carboxylic acids is 1. The SMILES string of the molecule is O=C(O)c1nc(Cl)ccc1Cl.[H-].[H-].[K+].[K+]. The summed E-state index contributed by atoms with van der Waals surface area (Å²) in [6, 6.07) is 2.82. The van der Waals surface area contributed by atoms with Crippen LogP contribution in [0.5, 0.6) is 0 Å². The number of carboxylic acid groups (broad SMARTS) is 1. The standard InChI is InChI=1S/C6H3Cl2NO2.2K.2H/c7-3-1-2-4(8)9-5(3)6(10)11;;;;/h1-2H,(H,10,11);;;;/q;2*+1;2*-1. The Balaban J connectivity index is -0.000000151. The van der Waals surface area contributed by atoms with Gasteiger partial charge >= 0.3 is 109 Å². The maximum Gasteiger partial charge on any atom is 1.00 e. The number of aromatic carboxylic acids is 1. The first-order valence-electron chi connectivity index (χ1n) is 2.66. The molecule has 13 heavy (non-hydrogen) atoms. The van der Waals surface area contributed by atoms with Crippen LogP contribution in [-0.4, -0.2) is 16.1 Å². The first-order valence-corrected chi connectivity index (χ1v) is 3.42. The number of hydrogen-bond donors (Lipinski definition) is 1. The van der Waals surface area contributed by atoms with Gasteiger partial charge in [-0.25, -0.2) is 9.78 Å². The van der Waals surface area contributed by atoms with E-state index in [1.165, 1.54) is 12.1 Å². The van der Waals surface area contributed by atoms with Crippen LogP contribution in [0.4, 0.5) is 0 Å². The molecule has 7 heteroatoms. The Morgan fingerprint density at radius 2 is 1.92 bits per heavy atom. The molecular formula is C6H5Cl2K2NO2. The number of rotatable bonds is 1. The molecular weight excluding hydrogens is 267 g/mol. The van der Waals surface area contributed by atoms with Gasteiger partial charge in [0.2, 0.25) is 0 Å². The molecule has 62 valence electrons. The molecule has 0 radical (unpaired) electrons. The Labute approximate surface area is 173 Å². The largest absolute Gasteiger partial charge is 1.00 e. The van der Waals surface area contributed by atoms with E-state index in [1.54, 1.807) is 0 Å². The Morgan fingerprint density at radius 1 is 1.38 bits per heavy atom. The predicted molar refractivity (Wildman–Crippen MR) is 43.4 cm³/mol. The van der Waals surface area contributed by atoms with Crippen molar-refractivity contribution in [2.75, 3.05) is 0 Å². The van der Waals surface area contributed by atoms with Crippen LogP contribution in [0.2, 0.25) is 10.2 Å². The minimum absolute atomic E-state index is 0. The first-order chi connectivity index (χ1) is 5.11. The van der Waals surface area contributed by atoms with Gasteiger partial charge in [-0.3, -0.25) is 0 Å². The molecule has 1 aromatic heterocycles. The average molecular weight is 272 g/mol. The van der Waals surface area contributed by atoms with Crippen LogP contribution in [0.25, 0.3) is 0 Å². The van der Waals surface area contributed by atoms with E-state index in [0.717, 1.165) is 0 Å². The molecule has 0 spiro atoms. The number of aromatic nitrogens is 1. The molecule has 1 aromatic rings. The monoisotopic (exact) mass is 271 g/mol. The fraction of sp³-hybridized carbons (Fsp3) is 0. The number of nitrogens with zero attached hydrogens (tertiary/aromatic N) is 1. The summed E-state index contributed by atoms with van der Waals surface area (Å²) in [5, 5.41) is 8.69. The van der Waals surface area contributed by atoms with Crippen LogP contribution in [0.3, 0.4) is 0 Å². The molecule has 3 nitrogen and oxygen atoms in total. The van der Waals surface area contributed by atoms with Gasteiger partial charge in [0.15, 0.2) is 5.69 Å². The van der Waals surface area contributed by atoms with E-state index in [4.69, 9.17) is 28.3 Å². The summed E-state index contributed by atoms with van der Waals surface area (Å²) < 4.78 is 0. The minimum atomic E-state index is -1.18. The molecule has 0 aliphatic carbocycles. The number of halogens is 2. The summed E-state index contributed by atoms with van der Waals surface area (Å²) in [5.41, 5.74) is -0.223. The zero-order chi connectivity index (χ0) is 8.43. The summed E-state index contributed by atoms with van der Waals surface area (Å²) in [6.07, 6.45) is 0. The van der Waals surface area contributed by atoms with Gasteiger partial charge in [0.1, 0.15) is 5.15 Å². The van der Waals surface area contributed by atoms with E-state index in [-0.39, 0.29) is 121 Å². The van der Waals surface area contributed by atoms with Crippen molar-refractivity contribution >= 4 is 29.2 Å². The van der Waals surface area contributed by atoms with Crippen molar-refractivity contribution in [3.05, 3.63) is 28.0 Å². The topological polar surface area (TPSA) is 50.2 Å². The average Bonchev–Trinajstić information content (AvgIpc) is 1.94. The quantitative estimate of drug-likeness (QED) is 0.423. The Bertz CT molecular complexity index is 317. The van der Waals surface area contributed by atoms with Crippen LogP contribution in [0.1, 0.15) is 13.3 Å². The van der Waals surface area contributed by atoms with E-state index in [0.29, 0.717) is 0 Å². The van der Waals surface area contributed by atoms with Crippen LogP contribution in [-0.2, 0) is 0 Å². The fourth-order valence-electron chi connectivity index (χ4n) is 0.568. The van der Waals surface area contributed by atoms with Crippen molar-refractivity contribution in [2.45, 2.75) is 0 Å². The molecule has 0 saturated carbocycles. The van der Waals surface area contributed by atoms with Crippen LogP contribution >= 0.6 is 23.2 Å². The molecule has 0 aliphatic rings. The molecule has 0 saturated heterocycles. The van der Waals surface area contributed by atoms with Gasteiger partial charge < -0.3 is 7.96 Å². The molecule has 1 N–H and O–H groups in total. The summed E-state index contributed by atoms with van der Waals surface area (Å²) >= 11 is 10.9.